The molecule has 4 nitrogen and oxygen atoms in total. The Kier molecular flexibility index (Phi) is 3.11. The Labute approximate surface area is 122 Å². The van der Waals surface area contributed by atoms with Crippen molar-refractivity contribution in [1.29, 1.82) is 0 Å². The zero-order valence-electron chi connectivity index (χ0n) is 10.0. The van der Waals surface area contributed by atoms with Gasteiger partial charge >= 0.3 is 0 Å². The van der Waals surface area contributed by atoms with Crippen LogP contribution < -0.4 is 0 Å². The van der Waals surface area contributed by atoms with Gasteiger partial charge in [0.2, 0.25) is 10.0 Å². The molecule has 1 heterocycles. The van der Waals surface area contributed by atoms with Gasteiger partial charge in [0.25, 0.3) is 0 Å². The number of aliphatic hydroxyl groups is 1. The minimum atomic E-state index is -3.62. The topological polar surface area (TPSA) is 57.6 Å². The summed E-state index contributed by atoms with van der Waals surface area (Å²) in [5.41, 5.74) is -0.838. The summed E-state index contributed by atoms with van der Waals surface area (Å²) in [4.78, 5) is 0.0721. The average Bonchev–Trinajstić information content (AvgIpc) is 3.07. The number of hydrogen-bond acceptors (Lipinski definition) is 3. The first-order chi connectivity index (χ1) is 8.81. The van der Waals surface area contributed by atoms with Crippen molar-refractivity contribution in [3.05, 3.63) is 28.2 Å². The second kappa shape index (κ2) is 4.33. The third-order valence-electron chi connectivity index (χ3n) is 3.71. The number of β-amino-alcohol motifs (C(OH)–C–C–N with tert-alkyl or cyclic N) is 1. The summed E-state index contributed by atoms with van der Waals surface area (Å²) in [5, 5.41) is 10.7. The van der Waals surface area contributed by atoms with Gasteiger partial charge < -0.3 is 5.11 Å². The zero-order chi connectivity index (χ0) is 13.8. The molecule has 1 aliphatic heterocycles. The van der Waals surface area contributed by atoms with Crippen LogP contribution in [0.3, 0.4) is 0 Å². The lowest BCUT2D eigenvalue weighted by atomic mass is 9.91. The highest BCUT2D eigenvalue weighted by Crippen LogP contribution is 2.46. The van der Waals surface area contributed by atoms with Crippen molar-refractivity contribution in [3.63, 3.8) is 0 Å². The quantitative estimate of drug-likeness (QED) is 0.927. The maximum atomic E-state index is 12.3. The number of hydrogen-bond donors (Lipinski definition) is 1. The van der Waals surface area contributed by atoms with Crippen molar-refractivity contribution in [2.75, 3.05) is 13.1 Å². The van der Waals surface area contributed by atoms with Crippen molar-refractivity contribution >= 4 is 33.2 Å². The zero-order valence-corrected chi connectivity index (χ0v) is 12.3. The van der Waals surface area contributed by atoms with Crippen LogP contribution in [0, 0.1) is 5.92 Å². The first-order valence-corrected chi connectivity index (χ1v) is 8.19. The molecular weight excluding hydrogens is 309 g/mol. The molecule has 1 aromatic carbocycles. The van der Waals surface area contributed by atoms with Crippen molar-refractivity contribution in [2.45, 2.75) is 23.3 Å². The Balaban J connectivity index is 1.84. The van der Waals surface area contributed by atoms with E-state index in [1.807, 2.05) is 0 Å². The molecular formula is C12H13Cl2NO3S. The SMILES string of the molecule is O=S(=O)(c1cc(Cl)cc(Cl)c1)N1CC(O)(C2CC2)C1. The molecule has 1 saturated heterocycles. The van der Waals surface area contributed by atoms with Crippen LogP contribution >= 0.6 is 23.2 Å². The monoisotopic (exact) mass is 321 g/mol. The van der Waals surface area contributed by atoms with E-state index in [-0.39, 0.29) is 33.9 Å². The van der Waals surface area contributed by atoms with E-state index in [9.17, 15) is 13.5 Å². The predicted molar refractivity (Wildman–Crippen MR) is 72.9 cm³/mol. The summed E-state index contributed by atoms with van der Waals surface area (Å²) >= 11 is 11.6. The van der Waals surface area contributed by atoms with Gasteiger partial charge in [0.15, 0.2) is 0 Å². The Hall–Kier alpha value is -0.330. The highest BCUT2D eigenvalue weighted by Gasteiger charge is 2.55. The van der Waals surface area contributed by atoms with Crippen molar-refractivity contribution in [1.82, 2.24) is 4.31 Å². The van der Waals surface area contributed by atoms with E-state index < -0.39 is 15.6 Å². The maximum Gasteiger partial charge on any atom is 0.243 e. The van der Waals surface area contributed by atoms with Crippen LogP contribution in [0.25, 0.3) is 0 Å². The van der Waals surface area contributed by atoms with Crippen LogP contribution in [0.5, 0.6) is 0 Å². The van der Waals surface area contributed by atoms with E-state index in [4.69, 9.17) is 23.2 Å². The molecule has 0 amide bonds. The fourth-order valence-corrected chi connectivity index (χ4v) is 4.73. The van der Waals surface area contributed by atoms with Gasteiger partial charge in [0, 0.05) is 23.1 Å². The van der Waals surface area contributed by atoms with E-state index in [0.717, 1.165) is 12.8 Å². The molecule has 2 aliphatic rings. The second-order valence-corrected chi connectivity index (χ2v) is 8.07. The van der Waals surface area contributed by atoms with Gasteiger partial charge in [0.05, 0.1) is 10.5 Å². The number of halogens is 2. The van der Waals surface area contributed by atoms with Crippen LogP contribution in [-0.2, 0) is 10.0 Å². The van der Waals surface area contributed by atoms with Gasteiger partial charge in [-0.15, -0.1) is 0 Å². The van der Waals surface area contributed by atoms with Gasteiger partial charge in [-0.1, -0.05) is 23.2 Å². The van der Waals surface area contributed by atoms with E-state index in [2.05, 4.69) is 0 Å². The largest absolute Gasteiger partial charge is 0.387 e. The van der Waals surface area contributed by atoms with Gasteiger partial charge in [-0.2, -0.15) is 4.31 Å². The lowest BCUT2D eigenvalue weighted by Gasteiger charge is -2.45. The molecule has 3 rings (SSSR count). The number of rotatable bonds is 3. The highest BCUT2D eigenvalue weighted by atomic mass is 35.5. The minimum Gasteiger partial charge on any atom is -0.387 e. The molecule has 0 spiro atoms. The number of nitrogens with zero attached hydrogens (tertiary/aromatic N) is 1. The third-order valence-corrected chi connectivity index (χ3v) is 5.92. The molecule has 1 aliphatic carbocycles. The lowest BCUT2D eigenvalue weighted by Crippen LogP contribution is -2.64. The van der Waals surface area contributed by atoms with Crippen LogP contribution in [0.4, 0.5) is 0 Å². The Bertz CT molecular complexity index is 602. The summed E-state index contributed by atoms with van der Waals surface area (Å²) in [6, 6.07) is 4.23. The Morgan fingerprint density at radius 1 is 1.16 bits per heavy atom. The van der Waals surface area contributed by atoms with Gasteiger partial charge in [-0.3, -0.25) is 0 Å². The highest BCUT2D eigenvalue weighted by molar-refractivity contribution is 7.89. The van der Waals surface area contributed by atoms with Gasteiger partial charge in [-0.05, 0) is 37.0 Å². The first kappa shape index (κ1) is 13.6. The van der Waals surface area contributed by atoms with E-state index in [1.165, 1.54) is 22.5 Å². The second-order valence-electron chi connectivity index (χ2n) is 5.26. The average molecular weight is 322 g/mol. The lowest BCUT2D eigenvalue weighted by molar-refractivity contribution is -0.0764. The molecule has 1 saturated carbocycles. The molecule has 1 aromatic rings. The third kappa shape index (κ3) is 2.38. The maximum absolute atomic E-state index is 12.3. The molecule has 2 fully saturated rings. The predicted octanol–water partition coefficient (Wildman–Crippen LogP) is 2.14. The van der Waals surface area contributed by atoms with Gasteiger partial charge in [-0.25, -0.2) is 8.42 Å². The Morgan fingerprint density at radius 2 is 1.68 bits per heavy atom. The molecule has 0 aromatic heterocycles. The van der Waals surface area contributed by atoms with E-state index in [1.54, 1.807) is 0 Å². The molecule has 7 heteroatoms. The summed E-state index contributed by atoms with van der Waals surface area (Å²) in [6.07, 6.45) is 1.96. The molecule has 0 unspecified atom stereocenters. The molecule has 104 valence electrons. The summed E-state index contributed by atoms with van der Waals surface area (Å²) in [5.74, 6) is 0.252. The summed E-state index contributed by atoms with van der Waals surface area (Å²) < 4.78 is 26.0. The summed E-state index contributed by atoms with van der Waals surface area (Å²) in [7, 11) is -3.62. The van der Waals surface area contributed by atoms with Crippen LogP contribution in [0.1, 0.15) is 12.8 Å². The normalized spacial score (nSPS) is 23.1. The molecule has 0 bridgehead atoms. The number of sulfonamides is 1. The van der Waals surface area contributed by atoms with Crippen LogP contribution in [0.2, 0.25) is 10.0 Å². The van der Waals surface area contributed by atoms with Gasteiger partial charge in [0.1, 0.15) is 0 Å². The number of benzene rings is 1. The van der Waals surface area contributed by atoms with Crippen LogP contribution in [0.15, 0.2) is 23.1 Å². The fraction of sp³-hybridized carbons (Fsp3) is 0.500. The standard InChI is InChI=1S/C12H13Cl2NO3S/c13-9-3-10(14)5-11(4-9)19(17,18)15-6-12(16,7-15)8-1-2-8/h3-5,8,16H,1-2,6-7H2. The first-order valence-electron chi connectivity index (χ1n) is 6.00. The molecule has 0 radical (unpaired) electrons. The molecule has 0 atom stereocenters. The fourth-order valence-electron chi connectivity index (χ4n) is 2.44. The smallest absolute Gasteiger partial charge is 0.243 e. The van der Waals surface area contributed by atoms with Crippen LogP contribution in [-0.4, -0.2) is 36.5 Å². The van der Waals surface area contributed by atoms with Crippen molar-refractivity contribution in [2.24, 2.45) is 5.92 Å². The molecule has 1 N–H and O–H groups in total. The summed E-state index contributed by atoms with van der Waals surface area (Å²) in [6.45, 7) is 0.314. The van der Waals surface area contributed by atoms with Crippen molar-refractivity contribution < 1.29 is 13.5 Å². The minimum absolute atomic E-state index is 0.0721. The molecule has 19 heavy (non-hydrogen) atoms. The Morgan fingerprint density at radius 3 is 2.16 bits per heavy atom. The van der Waals surface area contributed by atoms with E-state index >= 15 is 0 Å². The van der Waals surface area contributed by atoms with Crippen molar-refractivity contribution in [3.8, 4) is 0 Å². The van der Waals surface area contributed by atoms with E-state index in [0.29, 0.717) is 0 Å².